The van der Waals surface area contributed by atoms with Gasteiger partial charge in [0.1, 0.15) is 0 Å². The highest BCUT2D eigenvalue weighted by Crippen LogP contribution is 2.29. The van der Waals surface area contributed by atoms with Crippen LogP contribution in [0.3, 0.4) is 0 Å². The molecule has 2 aromatic carbocycles. The topological polar surface area (TPSA) is 90.7 Å². The molecule has 0 radical (unpaired) electrons. The number of aromatic nitrogens is 4. The van der Waals surface area contributed by atoms with E-state index in [1.54, 1.807) is 6.20 Å². The fourth-order valence-electron chi connectivity index (χ4n) is 3.09. The summed E-state index contributed by atoms with van der Waals surface area (Å²) in [4.78, 5) is 9.03. The first-order valence-corrected chi connectivity index (χ1v) is 9.22. The molecule has 0 aliphatic carbocycles. The quantitative estimate of drug-likeness (QED) is 0.549. The largest absolute Gasteiger partial charge is 0.414 e. The van der Waals surface area contributed by atoms with Gasteiger partial charge in [0.2, 0.25) is 5.89 Å². The van der Waals surface area contributed by atoms with Crippen molar-refractivity contribution in [2.75, 3.05) is 5.73 Å². The monoisotopic (exact) mass is 371 g/mol. The van der Waals surface area contributed by atoms with Gasteiger partial charge in [0.05, 0.1) is 11.9 Å². The fourth-order valence-corrected chi connectivity index (χ4v) is 3.09. The van der Waals surface area contributed by atoms with Crippen LogP contribution < -0.4 is 5.73 Å². The minimum atomic E-state index is 0.257. The number of benzene rings is 2. The third kappa shape index (κ3) is 3.62. The summed E-state index contributed by atoms with van der Waals surface area (Å²) in [5.41, 5.74) is 10.3. The van der Waals surface area contributed by atoms with Gasteiger partial charge in [-0.05, 0) is 30.0 Å². The number of hydrogen-bond donors (Lipinski definition) is 1. The van der Waals surface area contributed by atoms with E-state index in [4.69, 9.17) is 15.1 Å². The smallest absolute Gasteiger partial charge is 0.270 e. The van der Waals surface area contributed by atoms with Crippen LogP contribution in [0.1, 0.15) is 19.4 Å². The predicted octanol–water partition coefficient (Wildman–Crippen LogP) is 4.64. The molecule has 0 saturated carbocycles. The highest BCUT2D eigenvalue weighted by atomic mass is 16.4. The minimum absolute atomic E-state index is 0.257. The van der Waals surface area contributed by atoms with Gasteiger partial charge in [-0.1, -0.05) is 56.3 Å². The summed E-state index contributed by atoms with van der Waals surface area (Å²) in [5, 5.41) is 8.25. The first kappa shape index (κ1) is 17.9. The molecule has 6 heteroatoms. The lowest BCUT2D eigenvalue weighted by Crippen LogP contribution is -2.02. The summed E-state index contributed by atoms with van der Waals surface area (Å²) < 4.78 is 5.82. The van der Waals surface area contributed by atoms with Crippen LogP contribution in [0.5, 0.6) is 0 Å². The Morgan fingerprint density at radius 2 is 1.64 bits per heavy atom. The molecule has 2 aromatic heterocycles. The van der Waals surface area contributed by atoms with Crippen molar-refractivity contribution in [3.63, 3.8) is 0 Å². The zero-order valence-electron chi connectivity index (χ0n) is 15.8. The molecule has 0 unspecified atom stereocenters. The number of nitrogen functional groups attached to an aromatic ring is 1. The maximum Gasteiger partial charge on any atom is 0.270 e. The van der Waals surface area contributed by atoms with E-state index < -0.39 is 0 Å². The summed E-state index contributed by atoms with van der Waals surface area (Å²) in [5.74, 6) is 1.47. The van der Waals surface area contributed by atoms with Crippen molar-refractivity contribution in [3.05, 3.63) is 66.4 Å². The maximum absolute atomic E-state index is 6.06. The van der Waals surface area contributed by atoms with Gasteiger partial charge in [-0.25, -0.2) is 9.97 Å². The Hall–Kier alpha value is -3.54. The van der Waals surface area contributed by atoms with Gasteiger partial charge in [-0.3, -0.25) is 0 Å². The SMILES string of the molecule is CC(C)Cc1ccccc1-c1cnc(N)c(-c2nnc(-c3ccccc3)o2)n1. The van der Waals surface area contributed by atoms with Gasteiger partial charge in [-0.2, -0.15) is 0 Å². The second-order valence-electron chi connectivity index (χ2n) is 7.02. The zero-order chi connectivity index (χ0) is 19.5. The molecule has 0 atom stereocenters. The molecule has 0 fully saturated rings. The van der Waals surface area contributed by atoms with Crippen LogP contribution in [-0.4, -0.2) is 20.2 Å². The fraction of sp³-hybridized carbons (Fsp3) is 0.182. The van der Waals surface area contributed by atoms with E-state index in [9.17, 15) is 0 Å². The number of hydrogen-bond acceptors (Lipinski definition) is 6. The summed E-state index contributed by atoms with van der Waals surface area (Å²) in [6, 6.07) is 17.8. The Kier molecular flexibility index (Phi) is 4.85. The lowest BCUT2D eigenvalue weighted by molar-refractivity contribution is 0.582. The van der Waals surface area contributed by atoms with E-state index in [0.717, 1.165) is 23.2 Å². The second-order valence-corrected chi connectivity index (χ2v) is 7.02. The zero-order valence-corrected chi connectivity index (χ0v) is 15.8. The first-order valence-electron chi connectivity index (χ1n) is 9.22. The summed E-state index contributed by atoms with van der Waals surface area (Å²) in [6.45, 7) is 4.39. The molecule has 0 bridgehead atoms. The molecule has 2 N–H and O–H groups in total. The highest BCUT2D eigenvalue weighted by Gasteiger charge is 2.17. The molecule has 2 heterocycles. The van der Waals surface area contributed by atoms with Crippen molar-refractivity contribution in [3.8, 4) is 34.3 Å². The number of rotatable bonds is 5. The van der Waals surface area contributed by atoms with Crippen molar-refractivity contribution in [1.29, 1.82) is 0 Å². The van der Waals surface area contributed by atoms with Crippen LogP contribution in [0.25, 0.3) is 34.3 Å². The van der Waals surface area contributed by atoms with Gasteiger partial charge < -0.3 is 10.2 Å². The van der Waals surface area contributed by atoms with E-state index in [2.05, 4.69) is 35.1 Å². The van der Waals surface area contributed by atoms with Crippen molar-refractivity contribution in [2.24, 2.45) is 5.92 Å². The molecule has 140 valence electrons. The lowest BCUT2D eigenvalue weighted by Gasteiger charge is -2.11. The van der Waals surface area contributed by atoms with Crippen LogP contribution in [0.4, 0.5) is 5.82 Å². The number of anilines is 1. The van der Waals surface area contributed by atoms with Gasteiger partial charge in [0, 0.05) is 11.1 Å². The average molecular weight is 371 g/mol. The highest BCUT2D eigenvalue weighted by molar-refractivity contribution is 5.70. The molecular weight excluding hydrogens is 350 g/mol. The molecule has 4 rings (SSSR count). The molecule has 0 spiro atoms. The Labute approximate surface area is 163 Å². The summed E-state index contributed by atoms with van der Waals surface area (Å²) >= 11 is 0. The van der Waals surface area contributed by atoms with Crippen molar-refractivity contribution >= 4 is 5.82 Å². The van der Waals surface area contributed by atoms with E-state index in [1.807, 2.05) is 48.5 Å². The molecule has 4 aromatic rings. The molecule has 6 nitrogen and oxygen atoms in total. The van der Waals surface area contributed by atoms with E-state index >= 15 is 0 Å². The third-order valence-corrected chi connectivity index (χ3v) is 4.37. The van der Waals surface area contributed by atoms with E-state index in [1.165, 1.54) is 5.56 Å². The van der Waals surface area contributed by atoms with Gasteiger partial charge in [-0.15, -0.1) is 10.2 Å². The predicted molar refractivity (Wildman–Crippen MR) is 109 cm³/mol. The lowest BCUT2D eigenvalue weighted by atomic mass is 9.96. The minimum Gasteiger partial charge on any atom is -0.414 e. The summed E-state index contributed by atoms with van der Waals surface area (Å²) in [6.07, 6.45) is 2.64. The van der Waals surface area contributed by atoms with Crippen LogP contribution in [0.2, 0.25) is 0 Å². The van der Waals surface area contributed by atoms with Gasteiger partial charge in [0.15, 0.2) is 11.5 Å². The second kappa shape index (κ2) is 7.60. The Bertz CT molecular complexity index is 1090. The maximum atomic E-state index is 6.06. The summed E-state index contributed by atoms with van der Waals surface area (Å²) in [7, 11) is 0. The molecule has 28 heavy (non-hydrogen) atoms. The van der Waals surface area contributed by atoms with Crippen molar-refractivity contribution in [1.82, 2.24) is 20.2 Å². The Morgan fingerprint density at radius 3 is 2.43 bits per heavy atom. The van der Waals surface area contributed by atoms with Crippen molar-refractivity contribution in [2.45, 2.75) is 20.3 Å². The van der Waals surface area contributed by atoms with Crippen LogP contribution >= 0.6 is 0 Å². The normalized spacial score (nSPS) is 11.1. The van der Waals surface area contributed by atoms with Crippen LogP contribution in [0.15, 0.2) is 65.2 Å². The Balaban J connectivity index is 1.74. The van der Waals surface area contributed by atoms with Gasteiger partial charge in [0.25, 0.3) is 5.89 Å². The average Bonchev–Trinajstić information content (AvgIpc) is 3.19. The number of nitrogens with two attached hydrogens (primary N) is 1. The van der Waals surface area contributed by atoms with Crippen LogP contribution in [-0.2, 0) is 6.42 Å². The first-order chi connectivity index (χ1) is 13.6. The van der Waals surface area contributed by atoms with Gasteiger partial charge >= 0.3 is 0 Å². The van der Waals surface area contributed by atoms with Crippen molar-refractivity contribution < 1.29 is 4.42 Å². The third-order valence-electron chi connectivity index (χ3n) is 4.37. The van der Waals surface area contributed by atoms with E-state index in [-0.39, 0.29) is 11.7 Å². The molecule has 0 aliphatic rings. The molecular formula is C22H21N5O. The Morgan fingerprint density at radius 1 is 0.929 bits per heavy atom. The molecule has 0 amide bonds. The number of nitrogens with zero attached hydrogens (tertiary/aromatic N) is 4. The van der Waals surface area contributed by atoms with Crippen LogP contribution in [0, 0.1) is 5.92 Å². The standard InChI is InChI=1S/C22H21N5O/c1-14(2)12-16-10-6-7-11-17(16)18-13-24-20(23)19(25-18)22-27-26-21(28-22)15-8-4-3-5-9-15/h3-11,13-14H,12H2,1-2H3,(H2,23,24). The van der Waals surface area contributed by atoms with E-state index in [0.29, 0.717) is 17.5 Å². The molecule has 0 saturated heterocycles. The molecule has 0 aliphatic heterocycles.